The first-order valence-corrected chi connectivity index (χ1v) is 5.64. The molecule has 2 rings (SSSR count). The second-order valence-electron chi connectivity index (χ2n) is 3.82. The molecule has 4 nitrogen and oxygen atoms in total. The van der Waals surface area contributed by atoms with E-state index in [0.29, 0.717) is 12.4 Å². The van der Waals surface area contributed by atoms with E-state index in [0.717, 1.165) is 6.07 Å². The van der Waals surface area contributed by atoms with Gasteiger partial charge in [0.1, 0.15) is 11.6 Å². The van der Waals surface area contributed by atoms with Gasteiger partial charge in [0, 0.05) is 19.4 Å². The Kier molecular flexibility index (Phi) is 3.62. The number of benzene rings is 1. The van der Waals surface area contributed by atoms with E-state index in [4.69, 9.17) is 11.6 Å². The molecule has 94 valence electrons. The number of halogens is 2. The molecule has 1 aromatic carbocycles. The monoisotopic (exact) mass is 267 g/mol. The third-order valence-corrected chi connectivity index (χ3v) is 2.76. The van der Waals surface area contributed by atoms with E-state index in [2.05, 4.69) is 9.97 Å². The highest BCUT2D eigenvalue weighted by molar-refractivity contribution is 6.33. The van der Waals surface area contributed by atoms with Crippen molar-refractivity contribution in [1.82, 2.24) is 14.9 Å². The molecule has 0 saturated carbocycles. The Balaban J connectivity index is 2.15. The van der Waals surface area contributed by atoms with Gasteiger partial charge in [0.05, 0.1) is 17.1 Å². The van der Waals surface area contributed by atoms with Gasteiger partial charge in [-0.3, -0.25) is 4.79 Å². The number of rotatable bonds is 3. The van der Waals surface area contributed by atoms with Crippen LogP contribution in [0.15, 0.2) is 30.6 Å². The number of H-pyrrole nitrogens is 1. The van der Waals surface area contributed by atoms with Crippen molar-refractivity contribution in [3.8, 4) is 0 Å². The number of aromatic nitrogens is 2. The number of carbonyl (C=O) groups excluding carboxylic acids is 1. The minimum atomic E-state index is -0.467. The summed E-state index contributed by atoms with van der Waals surface area (Å²) in [7, 11) is 1.63. The van der Waals surface area contributed by atoms with Crippen molar-refractivity contribution in [3.05, 3.63) is 52.8 Å². The average molecular weight is 268 g/mol. The van der Waals surface area contributed by atoms with Crippen molar-refractivity contribution in [2.24, 2.45) is 0 Å². The first kappa shape index (κ1) is 12.6. The highest BCUT2D eigenvalue weighted by Crippen LogP contribution is 2.19. The molecule has 1 heterocycles. The van der Waals surface area contributed by atoms with Crippen LogP contribution < -0.4 is 0 Å². The van der Waals surface area contributed by atoms with Crippen LogP contribution in [0, 0.1) is 5.82 Å². The summed E-state index contributed by atoms with van der Waals surface area (Å²) in [6, 6.07) is 3.70. The summed E-state index contributed by atoms with van der Waals surface area (Å²) in [5.74, 6) is -0.0780. The quantitative estimate of drug-likeness (QED) is 0.929. The SMILES string of the molecule is CN(Cc1ncc[nH]1)C(=O)c1ccc(F)cc1Cl. The third-order valence-electron chi connectivity index (χ3n) is 2.45. The van der Waals surface area contributed by atoms with Crippen LogP contribution in [0.4, 0.5) is 4.39 Å². The van der Waals surface area contributed by atoms with Crippen LogP contribution in [0.1, 0.15) is 16.2 Å². The van der Waals surface area contributed by atoms with Gasteiger partial charge >= 0.3 is 0 Å². The second-order valence-corrected chi connectivity index (χ2v) is 4.23. The predicted octanol–water partition coefficient (Wildman–Crippen LogP) is 2.47. The molecule has 0 bridgehead atoms. The molecule has 2 aromatic rings. The maximum absolute atomic E-state index is 12.9. The van der Waals surface area contributed by atoms with Gasteiger partial charge in [0.15, 0.2) is 0 Å². The zero-order chi connectivity index (χ0) is 13.1. The van der Waals surface area contributed by atoms with Crippen molar-refractivity contribution in [2.45, 2.75) is 6.54 Å². The van der Waals surface area contributed by atoms with Gasteiger partial charge in [-0.05, 0) is 18.2 Å². The van der Waals surface area contributed by atoms with Crippen LogP contribution in [0.25, 0.3) is 0 Å². The van der Waals surface area contributed by atoms with Crippen LogP contribution in [-0.4, -0.2) is 27.8 Å². The predicted molar refractivity (Wildman–Crippen MR) is 65.8 cm³/mol. The highest BCUT2D eigenvalue weighted by Gasteiger charge is 2.16. The fourth-order valence-electron chi connectivity index (χ4n) is 1.55. The van der Waals surface area contributed by atoms with Gasteiger partial charge in [0.25, 0.3) is 5.91 Å². The molecular formula is C12H11ClFN3O. The second kappa shape index (κ2) is 5.18. The summed E-state index contributed by atoms with van der Waals surface area (Å²) >= 11 is 5.84. The molecule has 0 atom stereocenters. The minimum absolute atomic E-state index is 0.103. The van der Waals surface area contributed by atoms with E-state index in [1.165, 1.54) is 17.0 Å². The summed E-state index contributed by atoms with van der Waals surface area (Å²) in [5, 5.41) is 0.103. The lowest BCUT2D eigenvalue weighted by Gasteiger charge is -2.16. The maximum Gasteiger partial charge on any atom is 0.255 e. The van der Waals surface area contributed by atoms with E-state index in [1.54, 1.807) is 19.4 Å². The van der Waals surface area contributed by atoms with Crippen molar-refractivity contribution in [2.75, 3.05) is 7.05 Å². The Labute approximate surface area is 108 Å². The molecule has 0 fully saturated rings. The molecule has 0 saturated heterocycles. The van der Waals surface area contributed by atoms with Crippen molar-refractivity contribution in [1.29, 1.82) is 0 Å². The molecule has 1 amide bonds. The Bertz CT molecular complexity index is 556. The first-order valence-electron chi connectivity index (χ1n) is 5.26. The van der Waals surface area contributed by atoms with E-state index in [9.17, 15) is 9.18 Å². The van der Waals surface area contributed by atoms with E-state index >= 15 is 0 Å². The summed E-state index contributed by atoms with van der Waals surface area (Å²) in [6.07, 6.45) is 3.29. The number of aromatic amines is 1. The molecule has 0 radical (unpaired) electrons. The van der Waals surface area contributed by atoms with Crippen LogP contribution in [0.5, 0.6) is 0 Å². The molecule has 0 aliphatic carbocycles. The number of hydrogen-bond acceptors (Lipinski definition) is 2. The Hall–Kier alpha value is -1.88. The fraction of sp³-hybridized carbons (Fsp3) is 0.167. The molecule has 1 aromatic heterocycles. The van der Waals surface area contributed by atoms with Gasteiger partial charge in [-0.2, -0.15) is 0 Å². The average Bonchev–Trinajstić information content (AvgIpc) is 2.81. The molecule has 0 aliphatic heterocycles. The van der Waals surface area contributed by atoms with E-state index in [1.807, 2.05) is 0 Å². The first-order chi connectivity index (χ1) is 8.58. The Morgan fingerprint density at radius 3 is 2.94 bits per heavy atom. The van der Waals surface area contributed by atoms with Crippen LogP contribution in [0.2, 0.25) is 5.02 Å². The molecular weight excluding hydrogens is 257 g/mol. The zero-order valence-electron chi connectivity index (χ0n) is 9.65. The lowest BCUT2D eigenvalue weighted by Crippen LogP contribution is -2.27. The fourth-order valence-corrected chi connectivity index (χ4v) is 1.80. The lowest BCUT2D eigenvalue weighted by molar-refractivity contribution is 0.0782. The third kappa shape index (κ3) is 2.68. The molecule has 1 N–H and O–H groups in total. The summed E-state index contributed by atoms with van der Waals surface area (Å²) in [4.78, 5) is 20.5. The van der Waals surface area contributed by atoms with Crippen LogP contribution in [0.3, 0.4) is 0 Å². The van der Waals surface area contributed by atoms with Gasteiger partial charge in [-0.1, -0.05) is 11.6 Å². The number of carbonyl (C=O) groups is 1. The Morgan fingerprint density at radius 1 is 1.56 bits per heavy atom. The number of hydrogen-bond donors (Lipinski definition) is 1. The van der Waals surface area contributed by atoms with Gasteiger partial charge in [-0.25, -0.2) is 9.37 Å². The van der Waals surface area contributed by atoms with Crippen LogP contribution in [-0.2, 0) is 6.54 Å². The largest absolute Gasteiger partial charge is 0.347 e. The maximum atomic E-state index is 12.9. The normalized spacial score (nSPS) is 10.4. The van der Waals surface area contributed by atoms with Crippen molar-refractivity contribution in [3.63, 3.8) is 0 Å². The van der Waals surface area contributed by atoms with Crippen molar-refractivity contribution >= 4 is 17.5 Å². The minimum Gasteiger partial charge on any atom is -0.347 e. The van der Waals surface area contributed by atoms with Crippen LogP contribution >= 0.6 is 11.6 Å². The highest BCUT2D eigenvalue weighted by atomic mass is 35.5. The smallest absolute Gasteiger partial charge is 0.255 e. The van der Waals surface area contributed by atoms with Gasteiger partial charge in [-0.15, -0.1) is 0 Å². The molecule has 0 unspecified atom stereocenters. The lowest BCUT2D eigenvalue weighted by atomic mass is 10.2. The summed E-state index contributed by atoms with van der Waals surface area (Å²) in [6.45, 7) is 0.333. The molecule has 18 heavy (non-hydrogen) atoms. The Morgan fingerprint density at radius 2 is 2.33 bits per heavy atom. The zero-order valence-corrected chi connectivity index (χ0v) is 10.4. The standard InChI is InChI=1S/C12H11ClFN3O/c1-17(7-11-15-4-5-16-11)12(18)9-3-2-8(14)6-10(9)13/h2-6H,7H2,1H3,(H,15,16). The molecule has 0 aliphatic rings. The molecule has 6 heteroatoms. The number of imidazole rings is 1. The van der Waals surface area contributed by atoms with Crippen molar-refractivity contribution < 1.29 is 9.18 Å². The number of nitrogens with zero attached hydrogens (tertiary/aromatic N) is 2. The van der Waals surface area contributed by atoms with E-state index < -0.39 is 5.82 Å². The molecule has 0 spiro atoms. The topological polar surface area (TPSA) is 49.0 Å². The number of nitrogens with one attached hydrogen (secondary N) is 1. The van der Waals surface area contributed by atoms with Gasteiger partial charge in [0.2, 0.25) is 0 Å². The summed E-state index contributed by atoms with van der Waals surface area (Å²) in [5.41, 5.74) is 0.270. The van der Waals surface area contributed by atoms with Gasteiger partial charge < -0.3 is 9.88 Å². The summed E-state index contributed by atoms with van der Waals surface area (Å²) < 4.78 is 12.9. The van der Waals surface area contributed by atoms with E-state index in [-0.39, 0.29) is 16.5 Å². The number of amides is 1.